The molecule has 116 valence electrons. The van der Waals surface area contributed by atoms with Crippen LogP contribution in [0, 0.1) is 6.92 Å². The van der Waals surface area contributed by atoms with E-state index in [0.29, 0.717) is 21.9 Å². The van der Waals surface area contributed by atoms with Crippen LogP contribution in [-0.4, -0.2) is 34.1 Å². The van der Waals surface area contributed by atoms with Gasteiger partial charge in [0, 0.05) is 24.9 Å². The molecule has 0 radical (unpaired) electrons. The number of aryl methyl sites for hydroxylation is 1. The number of hydrogen-bond acceptors (Lipinski definition) is 5. The van der Waals surface area contributed by atoms with Gasteiger partial charge in [0.15, 0.2) is 0 Å². The van der Waals surface area contributed by atoms with Gasteiger partial charge in [0.05, 0.1) is 11.6 Å². The second-order valence-electron chi connectivity index (χ2n) is 5.24. The van der Waals surface area contributed by atoms with Gasteiger partial charge in [0.2, 0.25) is 5.88 Å². The monoisotopic (exact) mass is 338 g/mol. The first-order chi connectivity index (χ1) is 10.6. The van der Waals surface area contributed by atoms with Crippen molar-refractivity contribution < 1.29 is 4.74 Å². The summed E-state index contributed by atoms with van der Waals surface area (Å²) in [5, 5.41) is 1.06. The van der Waals surface area contributed by atoms with Crippen LogP contribution >= 0.6 is 23.2 Å². The smallest absolute Gasteiger partial charge is 0.213 e. The number of piperidine rings is 1. The van der Waals surface area contributed by atoms with Crippen LogP contribution < -0.4 is 9.64 Å². The van der Waals surface area contributed by atoms with E-state index in [1.165, 1.54) is 0 Å². The van der Waals surface area contributed by atoms with Crippen LogP contribution in [0.5, 0.6) is 5.88 Å². The summed E-state index contributed by atoms with van der Waals surface area (Å²) in [5.74, 6) is 2.10. The molecule has 2 aromatic heterocycles. The van der Waals surface area contributed by atoms with Gasteiger partial charge in [0.1, 0.15) is 22.9 Å². The summed E-state index contributed by atoms with van der Waals surface area (Å²) >= 11 is 11.9. The van der Waals surface area contributed by atoms with Crippen LogP contribution in [0.15, 0.2) is 24.4 Å². The minimum Gasteiger partial charge on any atom is -0.472 e. The number of hydrogen-bond donors (Lipinski definition) is 0. The first-order valence-corrected chi connectivity index (χ1v) is 7.90. The summed E-state index contributed by atoms with van der Waals surface area (Å²) in [6.07, 6.45) is 3.67. The predicted octanol–water partition coefficient (Wildman–Crippen LogP) is 3.53. The van der Waals surface area contributed by atoms with Gasteiger partial charge in [-0.3, -0.25) is 0 Å². The molecule has 1 fully saturated rings. The zero-order valence-corrected chi connectivity index (χ0v) is 13.7. The van der Waals surface area contributed by atoms with Gasteiger partial charge in [-0.1, -0.05) is 23.2 Å². The van der Waals surface area contributed by atoms with Crippen molar-refractivity contribution >= 4 is 29.0 Å². The molecule has 22 heavy (non-hydrogen) atoms. The lowest BCUT2D eigenvalue weighted by atomic mass is 10.1. The molecule has 1 unspecified atom stereocenters. The van der Waals surface area contributed by atoms with E-state index in [1.807, 2.05) is 6.92 Å². The van der Waals surface area contributed by atoms with Crippen LogP contribution in [0.4, 0.5) is 5.82 Å². The number of rotatable bonds is 3. The molecule has 1 aliphatic rings. The molecule has 0 aliphatic carbocycles. The third kappa shape index (κ3) is 3.78. The van der Waals surface area contributed by atoms with Crippen molar-refractivity contribution in [1.29, 1.82) is 0 Å². The highest BCUT2D eigenvalue weighted by atomic mass is 35.5. The number of nitrogens with zero attached hydrogens (tertiary/aromatic N) is 4. The minimum absolute atomic E-state index is 0.0662. The van der Waals surface area contributed by atoms with E-state index in [-0.39, 0.29) is 6.10 Å². The molecule has 0 N–H and O–H groups in total. The number of aromatic nitrogens is 3. The molecule has 7 heteroatoms. The molecule has 0 amide bonds. The zero-order chi connectivity index (χ0) is 15.5. The molecular weight excluding hydrogens is 323 g/mol. The number of halogens is 2. The van der Waals surface area contributed by atoms with Gasteiger partial charge < -0.3 is 9.64 Å². The molecule has 0 bridgehead atoms. The van der Waals surface area contributed by atoms with E-state index in [4.69, 9.17) is 27.9 Å². The van der Waals surface area contributed by atoms with Crippen molar-refractivity contribution in [2.24, 2.45) is 0 Å². The third-order valence-corrected chi connectivity index (χ3v) is 3.90. The summed E-state index contributed by atoms with van der Waals surface area (Å²) in [5.41, 5.74) is 0. The third-order valence-electron chi connectivity index (χ3n) is 3.48. The SMILES string of the molecule is Cc1nc(Cl)cc(N2CCCC(Oc3ccc(Cl)cn3)C2)n1. The number of pyridine rings is 1. The fourth-order valence-electron chi connectivity index (χ4n) is 2.52. The summed E-state index contributed by atoms with van der Waals surface area (Å²) in [6.45, 7) is 3.52. The molecule has 1 atom stereocenters. The normalized spacial score (nSPS) is 18.3. The predicted molar refractivity (Wildman–Crippen MR) is 86.9 cm³/mol. The van der Waals surface area contributed by atoms with Crippen molar-refractivity contribution in [1.82, 2.24) is 15.0 Å². The standard InChI is InChI=1S/C15H16Cl2N4O/c1-10-19-13(17)7-14(20-10)21-6-2-3-12(9-21)22-15-5-4-11(16)8-18-15/h4-5,7-8,12H,2-3,6,9H2,1H3. The van der Waals surface area contributed by atoms with E-state index in [9.17, 15) is 0 Å². The Morgan fingerprint density at radius 3 is 2.86 bits per heavy atom. The van der Waals surface area contributed by atoms with Gasteiger partial charge in [0.25, 0.3) is 0 Å². The molecular formula is C15H16Cl2N4O. The second-order valence-corrected chi connectivity index (χ2v) is 6.06. The Balaban J connectivity index is 1.69. The number of ether oxygens (including phenoxy) is 1. The molecule has 0 saturated carbocycles. The Bertz CT molecular complexity index is 630. The quantitative estimate of drug-likeness (QED) is 0.801. The summed E-state index contributed by atoms with van der Waals surface area (Å²) in [6, 6.07) is 5.35. The fraction of sp³-hybridized carbons (Fsp3) is 0.400. The average molecular weight is 339 g/mol. The molecule has 3 rings (SSSR count). The highest BCUT2D eigenvalue weighted by molar-refractivity contribution is 6.30. The Labute approximate surface area is 139 Å². The molecule has 1 aliphatic heterocycles. The fourth-order valence-corrected chi connectivity index (χ4v) is 2.86. The van der Waals surface area contributed by atoms with Crippen LogP contribution in [0.3, 0.4) is 0 Å². The average Bonchev–Trinajstić information content (AvgIpc) is 2.49. The molecule has 0 spiro atoms. The van der Waals surface area contributed by atoms with E-state index in [1.54, 1.807) is 24.4 Å². The van der Waals surface area contributed by atoms with E-state index < -0.39 is 0 Å². The van der Waals surface area contributed by atoms with Crippen molar-refractivity contribution in [2.75, 3.05) is 18.0 Å². The molecule has 3 heterocycles. The second kappa shape index (κ2) is 6.67. The van der Waals surface area contributed by atoms with Crippen LogP contribution in [0.1, 0.15) is 18.7 Å². The molecule has 0 aromatic carbocycles. The van der Waals surface area contributed by atoms with Crippen molar-refractivity contribution in [2.45, 2.75) is 25.9 Å². The first-order valence-electron chi connectivity index (χ1n) is 7.14. The Hall–Kier alpha value is -1.59. The van der Waals surface area contributed by atoms with Crippen LogP contribution in [0.2, 0.25) is 10.2 Å². The highest BCUT2D eigenvalue weighted by Crippen LogP contribution is 2.23. The maximum atomic E-state index is 6.02. The molecule has 1 saturated heterocycles. The van der Waals surface area contributed by atoms with Gasteiger partial charge in [-0.15, -0.1) is 0 Å². The van der Waals surface area contributed by atoms with Crippen LogP contribution in [0.25, 0.3) is 0 Å². The van der Waals surface area contributed by atoms with Crippen molar-refractivity contribution in [3.8, 4) is 5.88 Å². The topological polar surface area (TPSA) is 51.1 Å². The minimum atomic E-state index is 0.0662. The van der Waals surface area contributed by atoms with Crippen LogP contribution in [-0.2, 0) is 0 Å². The Morgan fingerprint density at radius 1 is 1.27 bits per heavy atom. The van der Waals surface area contributed by atoms with E-state index in [0.717, 1.165) is 31.7 Å². The van der Waals surface area contributed by atoms with Crippen molar-refractivity contribution in [3.63, 3.8) is 0 Å². The maximum absolute atomic E-state index is 6.02. The van der Waals surface area contributed by atoms with Crippen molar-refractivity contribution in [3.05, 3.63) is 40.4 Å². The Morgan fingerprint density at radius 2 is 2.14 bits per heavy atom. The van der Waals surface area contributed by atoms with Gasteiger partial charge >= 0.3 is 0 Å². The first kappa shape index (κ1) is 15.3. The maximum Gasteiger partial charge on any atom is 0.213 e. The largest absolute Gasteiger partial charge is 0.472 e. The lowest BCUT2D eigenvalue weighted by molar-refractivity contribution is 0.172. The van der Waals surface area contributed by atoms with Gasteiger partial charge in [-0.05, 0) is 25.8 Å². The zero-order valence-electron chi connectivity index (χ0n) is 12.2. The molecule has 2 aromatic rings. The summed E-state index contributed by atoms with van der Waals surface area (Å²) in [4.78, 5) is 14.9. The number of anilines is 1. The lowest BCUT2D eigenvalue weighted by Gasteiger charge is -2.33. The lowest BCUT2D eigenvalue weighted by Crippen LogP contribution is -2.41. The highest BCUT2D eigenvalue weighted by Gasteiger charge is 2.23. The van der Waals surface area contributed by atoms with E-state index >= 15 is 0 Å². The van der Waals surface area contributed by atoms with Gasteiger partial charge in [-0.25, -0.2) is 15.0 Å². The van der Waals surface area contributed by atoms with E-state index in [2.05, 4.69) is 19.9 Å². The summed E-state index contributed by atoms with van der Waals surface area (Å²) in [7, 11) is 0. The van der Waals surface area contributed by atoms with Gasteiger partial charge in [-0.2, -0.15) is 0 Å². The Kier molecular flexibility index (Phi) is 4.64. The molecule has 5 nitrogen and oxygen atoms in total. The summed E-state index contributed by atoms with van der Waals surface area (Å²) < 4.78 is 5.93.